The SMILES string of the molecule is O=C(/C=C/c1ccc(S(=O)(=O)N2CCOCC2)cc1)N1CCCCC1. The second-order valence-corrected chi connectivity index (χ2v) is 8.24. The van der Waals surface area contributed by atoms with Crippen molar-refractivity contribution >= 4 is 22.0 Å². The molecule has 2 aliphatic heterocycles. The Morgan fingerprint density at radius 3 is 2.24 bits per heavy atom. The van der Waals surface area contributed by atoms with Crippen molar-refractivity contribution in [2.24, 2.45) is 0 Å². The lowest BCUT2D eigenvalue weighted by Crippen LogP contribution is -2.40. The second kappa shape index (κ2) is 8.12. The number of hydrogen-bond donors (Lipinski definition) is 0. The number of rotatable bonds is 4. The van der Waals surface area contributed by atoms with Crippen molar-refractivity contribution < 1.29 is 17.9 Å². The first-order valence-corrected chi connectivity index (χ1v) is 10.2. The van der Waals surface area contributed by atoms with E-state index >= 15 is 0 Å². The fourth-order valence-electron chi connectivity index (χ4n) is 3.07. The van der Waals surface area contributed by atoms with E-state index in [1.807, 2.05) is 4.90 Å². The van der Waals surface area contributed by atoms with E-state index in [0.717, 1.165) is 31.5 Å². The van der Waals surface area contributed by atoms with Crippen LogP contribution in [-0.4, -0.2) is 62.9 Å². The highest BCUT2D eigenvalue weighted by atomic mass is 32.2. The van der Waals surface area contributed by atoms with Crippen LogP contribution in [0.3, 0.4) is 0 Å². The number of carbonyl (C=O) groups excluding carboxylic acids is 1. The number of hydrogen-bond acceptors (Lipinski definition) is 4. The second-order valence-electron chi connectivity index (χ2n) is 6.30. The normalized spacial score (nSPS) is 20.1. The molecule has 1 amide bonds. The molecule has 0 radical (unpaired) electrons. The maximum Gasteiger partial charge on any atom is 0.246 e. The molecule has 0 aliphatic carbocycles. The van der Waals surface area contributed by atoms with Crippen molar-refractivity contribution in [3.8, 4) is 0 Å². The van der Waals surface area contributed by atoms with E-state index in [9.17, 15) is 13.2 Å². The van der Waals surface area contributed by atoms with Crippen molar-refractivity contribution in [3.63, 3.8) is 0 Å². The lowest BCUT2D eigenvalue weighted by molar-refractivity contribution is -0.126. The minimum atomic E-state index is -3.47. The maximum absolute atomic E-state index is 12.6. The minimum Gasteiger partial charge on any atom is -0.379 e. The first-order valence-electron chi connectivity index (χ1n) is 8.72. The van der Waals surface area contributed by atoms with Crippen molar-refractivity contribution in [2.45, 2.75) is 24.2 Å². The van der Waals surface area contributed by atoms with E-state index in [4.69, 9.17) is 4.74 Å². The molecule has 0 bridgehead atoms. The fourth-order valence-corrected chi connectivity index (χ4v) is 4.48. The van der Waals surface area contributed by atoms with Gasteiger partial charge in [0.25, 0.3) is 0 Å². The Balaban J connectivity index is 1.65. The van der Waals surface area contributed by atoms with Gasteiger partial charge in [0.15, 0.2) is 0 Å². The summed E-state index contributed by atoms with van der Waals surface area (Å²) < 4.78 is 31.8. The van der Waals surface area contributed by atoms with Crippen LogP contribution < -0.4 is 0 Å². The van der Waals surface area contributed by atoms with Crippen LogP contribution in [0.25, 0.3) is 6.08 Å². The lowest BCUT2D eigenvalue weighted by Gasteiger charge is -2.26. The van der Waals surface area contributed by atoms with E-state index in [2.05, 4.69) is 0 Å². The fraction of sp³-hybridized carbons (Fsp3) is 0.500. The topological polar surface area (TPSA) is 66.9 Å². The van der Waals surface area contributed by atoms with Gasteiger partial charge in [0.2, 0.25) is 15.9 Å². The van der Waals surface area contributed by atoms with Crippen molar-refractivity contribution in [2.75, 3.05) is 39.4 Å². The lowest BCUT2D eigenvalue weighted by atomic mass is 10.1. The number of carbonyl (C=O) groups is 1. The maximum atomic E-state index is 12.6. The van der Waals surface area contributed by atoms with Gasteiger partial charge >= 0.3 is 0 Å². The van der Waals surface area contributed by atoms with Gasteiger partial charge in [-0.05, 0) is 43.0 Å². The zero-order chi connectivity index (χ0) is 17.7. The molecular weight excluding hydrogens is 340 g/mol. The predicted molar refractivity (Wildman–Crippen MR) is 95.5 cm³/mol. The Labute approximate surface area is 149 Å². The number of likely N-dealkylation sites (tertiary alicyclic amines) is 1. The van der Waals surface area contributed by atoms with Gasteiger partial charge in [-0.1, -0.05) is 12.1 Å². The zero-order valence-corrected chi connectivity index (χ0v) is 15.1. The van der Waals surface area contributed by atoms with Gasteiger partial charge in [-0.3, -0.25) is 4.79 Å². The van der Waals surface area contributed by atoms with Crippen LogP contribution in [-0.2, 0) is 19.6 Å². The van der Waals surface area contributed by atoms with Gasteiger partial charge in [-0.25, -0.2) is 8.42 Å². The van der Waals surface area contributed by atoms with E-state index in [-0.39, 0.29) is 10.8 Å². The molecule has 1 aromatic carbocycles. The first kappa shape index (κ1) is 18.1. The molecule has 0 saturated carbocycles. The molecule has 25 heavy (non-hydrogen) atoms. The zero-order valence-electron chi connectivity index (χ0n) is 14.3. The summed E-state index contributed by atoms with van der Waals surface area (Å²) in [7, 11) is -3.47. The van der Waals surface area contributed by atoms with Gasteiger partial charge in [0, 0.05) is 32.3 Å². The summed E-state index contributed by atoms with van der Waals surface area (Å²) in [5, 5.41) is 0. The first-order chi connectivity index (χ1) is 12.1. The molecule has 6 nitrogen and oxygen atoms in total. The van der Waals surface area contributed by atoms with Gasteiger partial charge < -0.3 is 9.64 Å². The Kier molecular flexibility index (Phi) is 5.88. The Morgan fingerprint density at radius 2 is 1.60 bits per heavy atom. The summed E-state index contributed by atoms with van der Waals surface area (Å²) in [6.45, 7) is 3.26. The molecular formula is C18H24N2O4S. The summed E-state index contributed by atoms with van der Waals surface area (Å²) in [5.41, 5.74) is 0.811. The minimum absolute atomic E-state index is 0.0183. The van der Waals surface area contributed by atoms with E-state index in [0.29, 0.717) is 26.3 Å². The number of piperidine rings is 1. The van der Waals surface area contributed by atoms with Crippen LogP contribution in [0.15, 0.2) is 35.2 Å². The summed E-state index contributed by atoms with van der Waals surface area (Å²) in [6, 6.07) is 6.65. The van der Waals surface area contributed by atoms with Crippen molar-refractivity contribution in [1.29, 1.82) is 0 Å². The molecule has 1 aromatic rings. The smallest absolute Gasteiger partial charge is 0.246 e. The van der Waals surface area contributed by atoms with Crippen LogP contribution in [0.1, 0.15) is 24.8 Å². The molecule has 2 fully saturated rings. The van der Waals surface area contributed by atoms with Crippen LogP contribution in [0.2, 0.25) is 0 Å². The molecule has 136 valence electrons. The summed E-state index contributed by atoms with van der Waals surface area (Å²) in [4.78, 5) is 14.3. The quantitative estimate of drug-likeness (QED) is 0.763. The summed E-state index contributed by atoms with van der Waals surface area (Å²) >= 11 is 0. The third-order valence-electron chi connectivity index (χ3n) is 4.57. The number of sulfonamides is 1. The third kappa shape index (κ3) is 4.48. The van der Waals surface area contributed by atoms with Crippen LogP contribution in [0.5, 0.6) is 0 Å². The van der Waals surface area contributed by atoms with E-state index < -0.39 is 10.0 Å². The number of amides is 1. The average Bonchev–Trinajstić information content (AvgIpc) is 2.68. The van der Waals surface area contributed by atoms with Gasteiger partial charge in [0.1, 0.15) is 0 Å². The molecule has 2 aliphatic rings. The largest absolute Gasteiger partial charge is 0.379 e. The van der Waals surface area contributed by atoms with Crippen LogP contribution >= 0.6 is 0 Å². The van der Waals surface area contributed by atoms with Gasteiger partial charge in [0.05, 0.1) is 18.1 Å². The molecule has 2 saturated heterocycles. The molecule has 0 unspecified atom stereocenters. The standard InChI is InChI=1S/C18H24N2O4S/c21-18(19-10-2-1-3-11-19)9-6-16-4-7-17(8-5-16)25(22,23)20-12-14-24-15-13-20/h4-9H,1-3,10-15H2/b9-6+. The highest BCUT2D eigenvalue weighted by Crippen LogP contribution is 2.18. The Morgan fingerprint density at radius 1 is 0.960 bits per heavy atom. The Bertz CT molecular complexity index is 716. The molecule has 0 atom stereocenters. The monoisotopic (exact) mass is 364 g/mol. The van der Waals surface area contributed by atoms with E-state index in [1.165, 1.54) is 10.7 Å². The van der Waals surface area contributed by atoms with Crippen LogP contribution in [0, 0.1) is 0 Å². The summed E-state index contributed by atoms with van der Waals surface area (Å²) in [6.07, 6.45) is 6.62. The molecule has 2 heterocycles. The highest BCUT2D eigenvalue weighted by Gasteiger charge is 2.25. The predicted octanol–water partition coefficient (Wildman–Crippen LogP) is 1.73. The number of nitrogens with zero attached hydrogens (tertiary/aromatic N) is 2. The van der Waals surface area contributed by atoms with Crippen molar-refractivity contribution in [1.82, 2.24) is 9.21 Å². The van der Waals surface area contributed by atoms with Crippen molar-refractivity contribution in [3.05, 3.63) is 35.9 Å². The molecule has 0 spiro atoms. The molecule has 7 heteroatoms. The Hall–Kier alpha value is -1.70. The molecule has 0 N–H and O–H groups in total. The summed E-state index contributed by atoms with van der Waals surface area (Å²) in [5.74, 6) is 0.0183. The number of benzene rings is 1. The number of morpholine rings is 1. The van der Waals surface area contributed by atoms with Crippen LogP contribution in [0.4, 0.5) is 0 Å². The molecule has 0 aromatic heterocycles. The molecule has 3 rings (SSSR count). The third-order valence-corrected chi connectivity index (χ3v) is 6.49. The average molecular weight is 364 g/mol. The van der Waals surface area contributed by atoms with Gasteiger partial charge in [-0.15, -0.1) is 0 Å². The number of ether oxygens (including phenoxy) is 1. The highest BCUT2D eigenvalue weighted by molar-refractivity contribution is 7.89. The van der Waals surface area contributed by atoms with Gasteiger partial charge in [-0.2, -0.15) is 4.31 Å². The van der Waals surface area contributed by atoms with E-state index in [1.54, 1.807) is 36.4 Å².